The van der Waals surface area contributed by atoms with Gasteiger partial charge in [-0.05, 0) is 30.2 Å². The molecule has 0 bridgehead atoms. The molecule has 3 unspecified atom stereocenters. The third-order valence-electron chi connectivity index (χ3n) is 3.76. The summed E-state index contributed by atoms with van der Waals surface area (Å²) in [5.41, 5.74) is 5.91. The molecule has 3 atom stereocenters. The predicted octanol–water partition coefficient (Wildman–Crippen LogP) is 4.70. The Kier molecular flexibility index (Phi) is 7.93. The number of rotatable bonds is 6. The fourth-order valence-corrected chi connectivity index (χ4v) is 3.82. The Hall–Kier alpha value is 0.200. The number of aryl methyl sites for hydroxylation is 1. The highest BCUT2D eigenvalue weighted by molar-refractivity contribution is 7.10. The average molecular weight is 326 g/mol. The second kappa shape index (κ2) is 7.84. The van der Waals surface area contributed by atoms with Crippen molar-refractivity contribution in [2.24, 2.45) is 17.6 Å². The van der Waals surface area contributed by atoms with Crippen LogP contribution in [-0.4, -0.2) is 5.11 Å². The van der Waals surface area contributed by atoms with Crippen LogP contribution in [0.4, 0.5) is 0 Å². The molecule has 19 heavy (non-hydrogen) atoms. The van der Waals surface area contributed by atoms with E-state index in [1.54, 1.807) is 0 Å². The van der Waals surface area contributed by atoms with Crippen LogP contribution in [0.25, 0.3) is 0 Å². The molecule has 0 radical (unpaired) electrons. The number of halogens is 2. The molecule has 1 aromatic rings. The molecule has 112 valence electrons. The van der Waals surface area contributed by atoms with Gasteiger partial charge in [0.05, 0.1) is 9.90 Å². The maximum Gasteiger partial charge on any atom is 0.153 e. The van der Waals surface area contributed by atoms with E-state index >= 15 is 0 Å². The fourth-order valence-electron chi connectivity index (χ4n) is 2.40. The molecule has 1 heterocycles. The van der Waals surface area contributed by atoms with Crippen molar-refractivity contribution in [1.82, 2.24) is 0 Å². The van der Waals surface area contributed by atoms with Crippen molar-refractivity contribution < 1.29 is 5.11 Å². The predicted molar refractivity (Wildman–Crippen MR) is 87.3 cm³/mol. The standard InChI is InChI=1S/C14H24ClNOS.ClH/c1-5-7-11(9(3)6-2)14(16,17)13-12(15)10(4)8-18-13;/h8-9,11,17H,5-7,16H2,1-4H3;1H. The maximum absolute atomic E-state index is 10.8. The Balaban J connectivity index is 0.00000324. The molecule has 0 aliphatic carbocycles. The van der Waals surface area contributed by atoms with Crippen molar-refractivity contribution in [2.45, 2.75) is 52.7 Å². The van der Waals surface area contributed by atoms with Crippen LogP contribution in [0.15, 0.2) is 5.38 Å². The normalized spacial score (nSPS) is 17.4. The molecule has 5 heteroatoms. The summed E-state index contributed by atoms with van der Waals surface area (Å²) in [5.74, 6) is 0.418. The fraction of sp³-hybridized carbons (Fsp3) is 0.714. The van der Waals surface area contributed by atoms with E-state index in [0.717, 1.165) is 24.8 Å². The van der Waals surface area contributed by atoms with E-state index in [1.807, 2.05) is 12.3 Å². The van der Waals surface area contributed by atoms with Gasteiger partial charge in [0.15, 0.2) is 5.72 Å². The van der Waals surface area contributed by atoms with Gasteiger partial charge in [0.2, 0.25) is 0 Å². The number of hydrogen-bond donors (Lipinski definition) is 2. The van der Waals surface area contributed by atoms with E-state index in [2.05, 4.69) is 20.8 Å². The molecule has 1 rings (SSSR count). The van der Waals surface area contributed by atoms with Gasteiger partial charge in [0.1, 0.15) is 0 Å². The summed E-state index contributed by atoms with van der Waals surface area (Å²) in [7, 11) is 0. The smallest absolute Gasteiger partial charge is 0.153 e. The quantitative estimate of drug-likeness (QED) is 0.745. The zero-order valence-electron chi connectivity index (χ0n) is 12.1. The lowest BCUT2D eigenvalue weighted by Gasteiger charge is -2.36. The SMILES string of the molecule is CCCC(C(C)CC)C(N)(O)c1scc(C)c1Cl.Cl. The highest BCUT2D eigenvalue weighted by Crippen LogP contribution is 2.41. The summed E-state index contributed by atoms with van der Waals surface area (Å²) >= 11 is 7.71. The number of thiophene rings is 1. The first kappa shape index (κ1) is 19.2. The van der Waals surface area contributed by atoms with Crippen LogP contribution < -0.4 is 5.73 Å². The highest BCUT2D eigenvalue weighted by atomic mass is 35.5. The first-order chi connectivity index (χ1) is 8.36. The molecule has 0 saturated heterocycles. The first-order valence-corrected chi connectivity index (χ1v) is 7.87. The summed E-state index contributed by atoms with van der Waals surface area (Å²) in [5, 5.41) is 13.3. The Labute approximate surface area is 131 Å². The summed E-state index contributed by atoms with van der Waals surface area (Å²) in [4.78, 5) is 0.709. The molecule has 0 aliphatic rings. The third-order valence-corrected chi connectivity index (χ3v) is 5.60. The van der Waals surface area contributed by atoms with Crippen molar-refractivity contribution in [2.75, 3.05) is 0 Å². The van der Waals surface area contributed by atoms with Crippen LogP contribution in [0.5, 0.6) is 0 Å². The van der Waals surface area contributed by atoms with Gasteiger partial charge in [0.25, 0.3) is 0 Å². The molecular weight excluding hydrogens is 301 g/mol. The molecule has 0 fully saturated rings. The van der Waals surface area contributed by atoms with Crippen LogP contribution in [0.2, 0.25) is 5.02 Å². The highest BCUT2D eigenvalue weighted by Gasteiger charge is 2.39. The van der Waals surface area contributed by atoms with Gasteiger partial charge in [0, 0.05) is 5.92 Å². The first-order valence-electron chi connectivity index (χ1n) is 6.61. The second-order valence-electron chi connectivity index (χ2n) is 5.17. The molecule has 0 amide bonds. The molecule has 0 aliphatic heterocycles. The van der Waals surface area contributed by atoms with E-state index in [9.17, 15) is 5.11 Å². The lowest BCUT2D eigenvalue weighted by Crippen LogP contribution is -2.46. The van der Waals surface area contributed by atoms with Crippen molar-refractivity contribution in [1.29, 1.82) is 0 Å². The summed E-state index contributed by atoms with van der Waals surface area (Å²) < 4.78 is 0. The summed E-state index contributed by atoms with van der Waals surface area (Å²) in [6, 6.07) is 0. The van der Waals surface area contributed by atoms with Gasteiger partial charge in [-0.3, -0.25) is 5.73 Å². The Morgan fingerprint density at radius 1 is 1.47 bits per heavy atom. The Bertz CT molecular complexity index is 393. The largest absolute Gasteiger partial charge is 0.371 e. The lowest BCUT2D eigenvalue weighted by molar-refractivity contribution is -0.0424. The molecule has 1 aromatic heterocycles. The van der Waals surface area contributed by atoms with Crippen LogP contribution >= 0.6 is 35.3 Å². The molecule has 3 N–H and O–H groups in total. The molecule has 0 aromatic carbocycles. The number of nitrogens with two attached hydrogens (primary N) is 1. The van der Waals surface area contributed by atoms with Gasteiger partial charge in [-0.1, -0.05) is 45.2 Å². The molecule has 2 nitrogen and oxygen atoms in total. The minimum absolute atomic E-state index is 0. The van der Waals surface area contributed by atoms with Gasteiger partial charge in [-0.2, -0.15) is 0 Å². The van der Waals surface area contributed by atoms with Crippen LogP contribution in [-0.2, 0) is 5.72 Å². The second-order valence-corrected chi connectivity index (χ2v) is 6.43. The maximum atomic E-state index is 10.8. The monoisotopic (exact) mass is 325 g/mol. The number of hydrogen-bond acceptors (Lipinski definition) is 3. The minimum atomic E-state index is -1.32. The van der Waals surface area contributed by atoms with Crippen molar-refractivity contribution in [3.05, 3.63) is 20.8 Å². The van der Waals surface area contributed by atoms with E-state index in [1.165, 1.54) is 11.3 Å². The zero-order chi connectivity index (χ0) is 13.9. The Morgan fingerprint density at radius 3 is 2.42 bits per heavy atom. The van der Waals surface area contributed by atoms with Gasteiger partial charge >= 0.3 is 0 Å². The van der Waals surface area contributed by atoms with Gasteiger partial charge in [-0.15, -0.1) is 23.7 Å². The molecular formula is C14H25Cl2NOS. The summed E-state index contributed by atoms with van der Waals surface area (Å²) in [6.07, 6.45) is 2.93. The van der Waals surface area contributed by atoms with Crippen LogP contribution in [0, 0.1) is 18.8 Å². The Morgan fingerprint density at radius 2 is 2.05 bits per heavy atom. The van der Waals surface area contributed by atoms with E-state index in [-0.39, 0.29) is 18.3 Å². The van der Waals surface area contributed by atoms with Crippen molar-refractivity contribution >= 4 is 35.3 Å². The van der Waals surface area contributed by atoms with E-state index in [0.29, 0.717) is 15.8 Å². The molecule has 0 spiro atoms. The van der Waals surface area contributed by atoms with Crippen LogP contribution in [0.1, 0.15) is 50.5 Å². The minimum Gasteiger partial charge on any atom is -0.371 e. The molecule has 0 saturated carbocycles. The van der Waals surface area contributed by atoms with Gasteiger partial charge in [-0.25, -0.2) is 0 Å². The topological polar surface area (TPSA) is 46.2 Å². The van der Waals surface area contributed by atoms with Crippen molar-refractivity contribution in [3.8, 4) is 0 Å². The van der Waals surface area contributed by atoms with Crippen LogP contribution in [0.3, 0.4) is 0 Å². The lowest BCUT2D eigenvalue weighted by atomic mass is 9.79. The van der Waals surface area contributed by atoms with E-state index in [4.69, 9.17) is 17.3 Å². The zero-order valence-corrected chi connectivity index (χ0v) is 14.5. The third kappa shape index (κ3) is 4.08. The van der Waals surface area contributed by atoms with Crippen molar-refractivity contribution in [3.63, 3.8) is 0 Å². The summed E-state index contributed by atoms with van der Waals surface area (Å²) in [6.45, 7) is 8.33. The number of aliphatic hydroxyl groups is 1. The van der Waals surface area contributed by atoms with Gasteiger partial charge < -0.3 is 5.11 Å². The van der Waals surface area contributed by atoms with E-state index < -0.39 is 5.72 Å². The average Bonchev–Trinajstić information content (AvgIpc) is 2.66.